The molecule has 0 spiro atoms. The van der Waals surface area contributed by atoms with E-state index in [0.29, 0.717) is 7.92 Å². The van der Waals surface area contributed by atoms with Gasteiger partial charge in [-0.05, 0) is 98.4 Å². The number of hydrogen-bond donors (Lipinski definition) is 0. The van der Waals surface area contributed by atoms with Gasteiger partial charge in [0.2, 0.25) is 0 Å². The van der Waals surface area contributed by atoms with Gasteiger partial charge in [-0.2, -0.15) is 0 Å². The van der Waals surface area contributed by atoms with E-state index >= 15 is 0 Å². The minimum Gasteiger partial charge on any atom is -0.0966 e. The molecule has 0 nitrogen and oxygen atoms in total. The number of hydrogen-bond acceptors (Lipinski definition) is 0. The molecule has 6 fully saturated rings. The van der Waals surface area contributed by atoms with E-state index < -0.39 is 0 Å². The van der Waals surface area contributed by atoms with Crippen LogP contribution in [0.1, 0.15) is 57.8 Å². The van der Waals surface area contributed by atoms with Crippen molar-refractivity contribution in [1.29, 1.82) is 0 Å². The van der Waals surface area contributed by atoms with E-state index in [9.17, 15) is 0 Å². The van der Waals surface area contributed by atoms with Crippen molar-refractivity contribution < 1.29 is 0 Å². The Morgan fingerprint density at radius 3 is 1.47 bits per heavy atom. The molecule has 0 aliphatic heterocycles. The van der Waals surface area contributed by atoms with Crippen LogP contribution in [0.5, 0.6) is 0 Å². The van der Waals surface area contributed by atoms with Crippen LogP contribution < -0.4 is 0 Å². The summed E-state index contributed by atoms with van der Waals surface area (Å²) in [5.41, 5.74) is 3.80. The first-order chi connectivity index (χ1) is 8.38. The Labute approximate surface area is 107 Å². The molecular weight excluding hydrogens is 223 g/mol. The van der Waals surface area contributed by atoms with E-state index in [1.54, 1.807) is 57.8 Å². The van der Waals surface area contributed by atoms with Crippen molar-refractivity contribution in [3.05, 3.63) is 0 Å². The van der Waals surface area contributed by atoms with Gasteiger partial charge < -0.3 is 0 Å². The highest BCUT2D eigenvalue weighted by atomic mass is 31.1. The van der Waals surface area contributed by atoms with E-state index in [-0.39, 0.29) is 0 Å². The van der Waals surface area contributed by atoms with Crippen LogP contribution in [0.15, 0.2) is 0 Å². The Morgan fingerprint density at radius 1 is 0.588 bits per heavy atom. The summed E-state index contributed by atoms with van der Waals surface area (Å²) < 4.78 is 0. The van der Waals surface area contributed by atoms with E-state index in [0.717, 1.165) is 0 Å². The monoisotopic (exact) mass is 248 g/mol. The molecule has 17 heavy (non-hydrogen) atoms. The Hall–Kier alpha value is 0.430. The fraction of sp³-hybridized carbons (Fsp3) is 1.00. The van der Waals surface area contributed by atoms with Crippen molar-refractivity contribution in [3.8, 4) is 0 Å². The molecule has 0 saturated heterocycles. The standard InChI is InChI=1S/C16H25P/c1-2-14(1)17(15-3-4-15)16-12-6-10-5-11(8-12)9-13(16)7-10/h10-16H,1-9H2. The predicted octanol–water partition coefficient (Wildman–Crippen LogP) is 4.62. The summed E-state index contributed by atoms with van der Waals surface area (Å²) in [4.78, 5) is 0. The zero-order chi connectivity index (χ0) is 11.0. The summed E-state index contributed by atoms with van der Waals surface area (Å²) in [6.07, 6.45) is 14.8. The molecule has 0 amide bonds. The maximum absolute atomic E-state index is 1.66. The molecule has 6 aliphatic carbocycles. The highest BCUT2D eigenvalue weighted by Gasteiger charge is 2.55. The average molecular weight is 248 g/mol. The Balaban J connectivity index is 1.45. The minimum atomic E-state index is 0.494. The molecule has 0 aromatic heterocycles. The highest BCUT2D eigenvalue weighted by Crippen LogP contribution is 2.73. The minimum absolute atomic E-state index is 0.494. The summed E-state index contributed by atoms with van der Waals surface area (Å²) in [7, 11) is 0.494. The third-order valence-corrected chi connectivity index (χ3v) is 10.7. The van der Waals surface area contributed by atoms with Crippen molar-refractivity contribution >= 4 is 7.92 Å². The molecule has 0 aromatic carbocycles. The van der Waals surface area contributed by atoms with Gasteiger partial charge >= 0.3 is 0 Å². The molecule has 0 aromatic rings. The topological polar surface area (TPSA) is 0 Å². The molecule has 6 rings (SSSR count). The van der Waals surface area contributed by atoms with Gasteiger partial charge in [-0.1, -0.05) is 7.92 Å². The van der Waals surface area contributed by atoms with Crippen LogP contribution in [0.4, 0.5) is 0 Å². The van der Waals surface area contributed by atoms with E-state index in [1.807, 2.05) is 0 Å². The molecule has 6 aliphatic rings. The lowest BCUT2D eigenvalue weighted by Gasteiger charge is -2.57. The summed E-state index contributed by atoms with van der Waals surface area (Å²) >= 11 is 0. The fourth-order valence-electron chi connectivity index (χ4n) is 5.91. The quantitative estimate of drug-likeness (QED) is 0.639. The van der Waals surface area contributed by atoms with Gasteiger partial charge in [0.25, 0.3) is 0 Å². The van der Waals surface area contributed by atoms with Crippen molar-refractivity contribution in [2.75, 3.05) is 0 Å². The van der Waals surface area contributed by atoms with Crippen LogP contribution in [0.25, 0.3) is 0 Å². The Bertz CT molecular complexity index is 288. The van der Waals surface area contributed by atoms with Crippen LogP contribution in [-0.2, 0) is 0 Å². The molecule has 0 N–H and O–H groups in total. The van der Waals surface area contributed by atoms with Crippen LogP contribution in [0, 0.1) is 23.7 Å². The third kappa shape index (κ3) is 1.59. The van der Waals surface area contributed by atoms with E-state index in [2.05, 4.69) is 0 Å². The summed E-state index contributed by atoms with van der Waals surface area (Å²) in [6.45, 7) is 0. The van der Waals surface area contributed by atoms with Crippen LogP contribution in [-0.4, -0.2) is 17.0 Å². The maximum Gasteiger partial charge on any atom is -0.0147 e. The zero-order valence-electron chi connectivity index (χ0n) is 10.9. The Morgan fingerprint density at radius 2 is 1.06 bits per heavy atom. The fourth-order valence-corrected chi connectivity index (χ4v) is 10.4. The lowest BCUT2D eigenvalue weighted by Crippen LogP contribution is -2.48. The first-order valence-corrected chi connectivity index (χ1v) is 9.71. The average Bonchev–Trinajstić information content (AvgIpc) is 3.15. The van der Waals surface area contributed by atoms with Gasteiger partial charge in [0.15, 0.2) is 0 Å². The first-order valence-electron chi connectivity index (χ1n) is 8.16. The molecule has 6 saturated carbocycles. The van der Waals surface area contributed by atoms with Crippen LogP contribution in [0.2, 0.25) is 0 Å². The second kappa shape index (κ2) is 3.50. The molecule has 0 unspecified atom stereocenters. The third-order valence-electron chi connectivity index (χ3n) is 6.46. The van der Waals surface area contributed by atoms with Gasteiger partial charge in [0, 0.05) is 0 Å². The number of rotatable bonds is 3. The molecule has 1 heteroatoms. The lowest BCUT2D eigenvalue weighted by molar-refractivity contribution is 0.0246. The smallest absolute Gasteiger partial charge is 0.0147 e. The molecule has 0 heterocycles. The van der Waals surface area contributed by atoms with Gasteiger partial charge in [0.05, 0.1) is 0 Å². The van der Waals surface area contributed by atoms with Crippen molar-refractivity contribution in [2.24, 2.45) is 23.7 Å². The van der Waals surface area contributed by atoms with Gasteiger partial charge in [-0.15, -0.1) is 0 Å². The van der Waals surface area contributed by atoms with Gasteiger partial charge in [0.1, 0.15) is 0 Å². The van der Waals surface area contributed by atoms with Gasteiger partial charge in [-0.25, -0.2) is 0 Å². The molecule has 4 bridgehead atoms. The SMILES string of the molecule is C1C2CC3CC1CC(C2)C3P(C1CC1)C1CC1. The van der Waals surface area contributed by atoms with Crippen LogP contribution in [0.3, 0.4) is 0 Å². The van der Waals surface area contributed by atoms with E-state index in [1.165, 1.54) is 40.6 Å². The first kappa shape index (κ1) is 10.2. The van der Waals surface area contributed by atoms with E-state index in [4.69, 9.17) is 0 Å². The molecular formula is C16H25P. The lowest BCUT2D eigenvalue weighted by atomic mass is 9.56. The summed E-state index contributed by atoms with van der Waals surface area (Å²) in [6, 6.07) is 0. The maximum atomic E-state index is 1.66. The predicted molar refractivity (Wildman–Crippen MR) is 73.8 cm³/mol. The normalized spacial score (nSPS) is 52.4. The summed E-state index contributed by atoms with van der Waals surface area (Å²) in [5, 5.41) is 0. The second-order valence-corrected chi connectivity index (χ2v) is 10.8. The largest absolute Gasteiger partial charge is 0.0966 e. The highest BCUT2D eigenvalue weighted by molar-refractivity contribution is 7.60. The van der Waals surface area contributed by atoms with Crippen molar-refractivity contribution in [3.63, 3.8) is 0 Å². The molecule has 0 radical (unpaired) electrons. The second-order valence-electron chi connectivity index (χ2n) is 7.83. The Kier molecular flexibility index (Phi) is 2.11. The van der Waals surface area contributed by atoms with Crippen molar-refractivity contribution in [2.45, 2.75) is 74.8 Å². The van der Waals surface area contributed by atoms with Crippen molar-refractivity contribution in [1.82, 2.24) is 0 Å². The van der Waals surface area contributed by atoms with Crippen LogP contribution >= 0.6 is 7.92 Å². The summed E-state index contributed by atoms with van der Waals surface area (Å²) in [5.74, 6) is 4.81. The molecule has 94 valence electrons. The molecule has 0 atom stereocenters. The van der Waals surface area contributed by atoms with Gasteiger partial charge in [-0.3, -0.25) is 0 Å². The zero-order valence-corrected chi connectivity index (χ0v) is 11.7.